The van der Waals surface area contributed by atoms with Gasteiger partial charge in [0, 0.05) is 59.3 Å². The van der Waals surface area contributed by atoms with Crippen LogP contribution in [0.5, 0.6) is 0 Å². The molecule has 0 aliphatic heterocycles. The minimum atomic E-state index is -0.905. The predicted octanol–water partition coefficient (Wildman–Crippen LogP) is 5.35. The van der Waals surface area contributed by atoms with Gasteiger partial charge in [-0.25, -0.2) is 0 Å². The number of rotatable bonds is 14. The molecule has 2 aromatic heterocycles. The number of carbonyl (C=O) groups is 4. The van der Waals surface area contributed by atoms with E-state index in [2.05, 4.69) is 20.4 Å². The van der Waals surface area contributed by atoms with Gasteiger partial charge in [0.1, 0.15) is 0 Å². The predicted molar refractivity (Wildman–Crippen MR) is 205 cm³/mol. The summed E-state index contributed by atoms with van der Waals surface area (Å²) in [6.07, 6.45) is 7.66. The Bertz CT molecular complexity index is 2140. The maximum absolute atomic E-state index is 12.9. The van der Waals surface area contributed by atoms with Crippen LogP contribution in [-0.2, 0) is 14.3 Å². The van der Waals surface area contributed by atoms with Crippen LogP contribution < -0.4 is 18.9 Å². The number of ether oxygens (including phenoxy) is 1. The van der Waals surface area contributed by atoms with E-state index in [1.807, 2.05) is 117 Å². The molecule has 0 radical (unpaired) electrons. The number of methoxy groups -OCH3 is 1. The number of ketones is 2. The summed E-state index contributed by atoms with van der Waals surface area (Å²) in [6, 6.07) is 30.2. The third-order valence-electron chi connectivity index (χ3n) is 9.18. The third kappa shape index (κ3) is 12.1. The van der Waals surface area contributed by atoms with Crippen molar-refractivity contribution in [2.75, 3.05) is 7.11 Å². The average Bonchev–Trinajstić information content (AvgIpc) is 3.91. The van der Waals surface area contributed by atoms with Crippen LogP contribution in [0.4, 0.5) is 0 Å². The standard InChI is InChI=1S/C22H22N2O3.C21H20N2O3.Li.H2O/c1-15-10-17(8-9-20(15)19-13-23-24-14-19)21(25)11-18(12-22(26)27-2)16-6-4-3-5-7-16;1-14-9-16(7-8-19(14)18-12-22-23-13-18)20(24)10-17(11-21(25)26)15-5-3-2-4-6-15;;/h3-10,13-14,18H,11-12H2,1-2H3,(H,23,24);2-9,12-13,17H,10-11H2,1H3,(H,22,23)(H,25,26);;1H2/q;;+1;/p-1/t18-;17-;;/m11../s1. The summed E-state index contributed by atoms with van der Waals surface area (Å²) in [5, 5.41) is 22.7. The molecule has 6 rings (SSSR count). The molecule has 0 spiro atoms. The van der Waals surface area contributed by atoms with E-state index in [0.29, 0.717) is 11.1 Å². The second-order valence-corrected chi connectivity index (χ2v) is 12.9. The van der Waals surface area contributed by atoms with Crippen molar-refractivity contribution in [1.82, 2.24) is 20.4 Å². The Morgan fingerprint density at radius 1 is 0.636 bits per heavy atom. The second kappa shape index (κ2) is 21.1. The fraction of sp³-hybridized carbons (Fsp3) is 0.209. The fourth-order valence-electron chi connectivity index (χ4n) is 6.36. The molecule has 0 fully saturated rings. The van der Waals surface area contributed by atoms with Crippen LogP contribution in [0.2, 0.25) is 0 Å². The van der Waals surface area contributed by atoms with E-state index in [1.165, 1.54) is 7.11 Å². The van der Waals surface area contributed by atoms with Gasteiger partial charge in [-0.15, -0.1) is 0 Å². The van der Waals surface area contributed by atoms with Crippen molar-refractivity contribution in [3.8, 4) is 22.3 Å². The van der Waals surface area contributed by atoms with Gasteiger partial charge in [-0.05, 0) is 59.4 Å². The first-order valence-corrected chi connectivity index (χ1v) is 17.3. The van der Waals surface area contributed by atoms with Crippen LogP contribution in [0.3, 0.4) is 0 Å². The monoisotopic (exact) mass is 734 g/mol. The van der Waals surface area contributed by atoms with Gasteiger partial charge in [0.05, 0.1) is 32.3 Å². The van der Waals surface area contributed by atoms with Crippen LogP contribution in [-0.4, -0.2) is 61.6 Å². The maximum atomic E-state index is 12.9. The molecule has 2 atom stereocenters. The summed E-state index contributed by atoms with van der Waals surface area (Å²) in [5.41, 5.74) is 9.06. The van der Waals surface area contributed by atoms with Crippen molar-refractivity contribution in [2.24, 2.45) is 0 Å². The average molecular weight is 735 g/mol. The first-order valence-electron chi connectivity index (χ1n) is 17.3. The number of aryl methyl sites for hydroxylation is 2. The third-order valence-corrected chi connectivity index (χ3v) is 9.18. The number of aromatic nitrogens is 4. The molecule has 0 aliphatic rings. The molecule has 0 amide bonds. The van der Waals surface area contributed by atoms with Crippen molar-refractivity contribution in [1.29, 1.82) is 0 Å². The molecule has 12 heteroatoms. The van der Waals surface area contributed by atoms with Crippen LogP contribution in [0.15, 0.2) is 122 Å². The van der Waals surface area contributed by atoms with Crippen LogP contribution in [0, 0.1) is 13.8 Å². The molecule has 0 aliphatic carbocycles. The number of nitrogens with zero attached hydrogens (tertiary/aromatic N) is 2. The fourth-order valence-corrected chi connectivity index (χ4v) is 6.36. The number of carboxylic acid groups (broad SMARTS) is 1. The van der Waals surface area contributed by atoms with Gasteiger partial charge in [0.15, 0.2) is 11.6 Å². The smallest absolute Gasteiger partial charge is 0.870 e. The summed E-state index contributed by atoms with van der Waals surface area (Å²) in [6.45, 7) is 3.92. The minimum absolute atomic E-state index is 0. The number of esters is 1. The number of hydrogen-bond acceptors (Lipinski definition) is 8. The summed E-state index contributed by atoms with van der Waals surface area (Å²) >= 11 is 0. The Morgan fingerprint density at radius 3 is 1.40 bits per heavy atom. The number of H-pyrrole nitrogens is 2. The normalized spacial score (nSPS) is 11.4. The Balaban J connectivity index is 0.000000285. The molecular weight excluding hydrogens is 691 g/mol. The number of carboxylic acids is 1. The molecule has 55 heavy (non-hydrogen) atoms. The first-order chi connectivity index (χ1) is 25.6. The van der Waals surface area contributed by atoms with Gasteiger partial charge >= 0.3 is 30.8 Å². The van der Waals surface area contributed by atoms with Gasteiger partial charge in [0.2, 0.25) is 0 Å². The van der Waals surface area contributed by atoms with Crippen molar-refractivity contribution in [3.63, 3.8) is 0 Å². The van der Waals surface area contributed by atoms with E-state index >= 15 is 0 Å². The van der Waals surface area contributed by atoms with Crippen molar-refractivity contribution in [2.45, 2.75) is 51.4 Å². The summed E-state index contributed by atoms with van der Waals surface area (Å²) in [5.74, 6) is -1.81. The molecule has 4 N–H and O–H groups in total. The van der Waals surface area contributed by atoms with Crippen LogP contribution >= 0.6 is 0 Å². The zero-order valence-electron chi connectivity index (χ0n) is 31.4. The Morgan fingerprint density at radius 2 is 1.05 bits per heavy atom. The largest absolute Gasteiger partial charge is 1.00 e. The number of carbonyl (C=O) groups excluding carboxylic acids is 3. The molecule has 278 valence electrons. The van der Waals surface area contributed by atoms with Crippen molar-refractivity contribution in [3.05, 3.63) is 155 Å². The van der Waals surface area contributed by atoms with Crippen LogP contribution in [0.25, 0.3) is 22.3 Å². The van der Waals surface area contributed by atoms with Crippen molar-refractivity contribution < 1.29 is 53.4 Å². The van der Waals surface area contributed by atoms with Gasteiger partial charge in [-0.3, -0.25) is 29.4 Å². The summed E-state index contributed by atoms with van der Waals surface area (Å²) < 4.78 is 4.81. The Labute approximate surface area is 332 Å². The molecule has 6 aromatic rings. The zero-order chi connectivity index (χ0) is 37.7. The van der Waals surface area contributed by atoms with Gasteiger partial charge in [0.25, 0.3) is 0 Å². The zero-order valence-corrected chi connectivity index (χ0v) is 31.4. The van der Waals surface area contributed by atoms with Gasteiger partial charge < -0.3 is 15.3 Å². The molecule has 4 aromatic carbocycles. The molecule has 11 nitrogen and oxygen atoms in total. The Hall–Kier alpha value is -5.86. The van der Waals surface area contributed by atoms with Gasteiger partial charge in [-0.2, -0.15) is 10.2 Å². The van der Waals surface area contributed by atoms with E-state index in [4.69, 9.17) is 4.74 Å². The number of Topliss-reactive ketones (excluding diaryl/α,β-unsaturated/α-hetero) is 2. The Kier molecular flexibility index (Phi) is 16.7. The van der Waals surface area contributed by atoms with E-state index in [-0.39, 0.29) is 79.4 Å². The maximum Gasteiger partial charge on any atom is 1.00 e. The topological polar surface area (TPSA) is 185 Å². The van der Waals surface area contributed by atoms with E-state index in [0.717, 1.165) is 44.5 Å². The molecule has 0 saturated heterocycles. The van der Waals surface area contributed by atoms with E-state index < -0.39 is 5.97 Å². The number of aliphatic carboxylic acids is 1. The molecule has 0 unspecified atom stereocenters. The van der Waals surface area contributed by atoms with E-state index in [1.54, 1.807) is 18.5 Å². The summed E-state index contributed by atoms with van der Waals surface area (Å²) in [7, 11) is 1.37. The second-order valence-electron chi connectivity index (χ2n) is 12.9. The number of aromatic amines is 2. The van der Waals surface area contributed by atoms with E-state index in [9.17, 15) is 24.3 Å². The molecule has 0 bridgehead atoms. The SMILES string of the molecule is COC(=O)C[C@@H](CC(=O)c1ccc(-c2cn[nH]c2)c(C)c1)c1ccccc1.Cc1cc(C(=O)C[C@H](CC(=O)O)c2ccccc2)ccc1-c1cn[nH]c1.[Li+].[OH-]. The number of nitrogens with one attached hydrogen (secondary N) is 2. The minimum Gasteiger partial charge on any atom is -0.870 e. The van der Waals surface area contributed by atoms with Crippen molar-refractivity contribution >= 4 is 23.5 Å². The number of benzene rings is 4. The van der Waals surface area contributed by atoms with Gasteiger partial charge in [-0.1, -0.05) is 84.9 Å². The summed E-state index contributed by atoms with van der Waals surface area (Å²) in [4.78, 5) is 48.6. The quantitative estimate of drug-likeness (QED) is 0.0754. The molecule has 2 heterocycles. The number of hydrogen-bond donors (Lipinski definition) is 3. The molecule has 0 saturated carbocycles. The van der Waals surface area contributed by atoms with Crippen LogP contribution in [0.1, 0.15) is 80.5 Å². The first kappa shape index (κ1) is 43.5. The molecular formula is C43H43LiN4O7.